The predicted octanol–water partition coefficient (Wildman–Crippen LogP) is 0.918. The number of carboxylic acids is 1. The van der Waals surface area contributed by atoms with Gasteiger partial charge in [-0.05, 0) is 18.6 Å². The quantitative estimate of drug-likeness (QED) is 0.651. The topological polar surface area (TPSA) is 118 Å². The molecule has 1 aromatic rings. The Hall–Kier alpha value is -2.16. The van der Waals surface area contributed by atoms with Gasteiger partial charge in [-0.25, -0.2) is 13.2 Å². The Bertz CT molecular complexity index is 685. The third kappa shape index (κ3) is 3.48. The number of carbonyl (C=O) groups is 1. The number of nitro benzene ring substituents is 1. The van der Waals surface area contributed by atoms with Crippen LogP contribution in [0.2, 0.25) is 0 Å². The molecule has 0 aromatic heterocycles. The molecule has 8 nitrogen and oxygen atoms in total. The van der Waals surface area contributed by atoms with E-state index in [1.807, 2.05) is 0 Å². The van der Waals surface area contributed by atoms with E-state index in [1.165, 1.54) is 12.1 Å². The van der Waals surface area contributed by atoms with Crippen LogP contribution < -0.4 is 4.90 Å². The third-order valence-corrected chi connectivity index (χ3v) is 5.03. The number of benzene rings is 1. The van der Waals surface area contributed by atoms with Crippen LogP contribution in [0.3, 0.4) is 0 Å². The average molecular weight is 314 g/mol. The lowest BCUT2D eigenvalue weighted by atomic mass is 10.1. The van der Waals surface area contributed by atoms with Gasteiger partial charge in [-0.1, -0.05) is 0 Å². The number of hydrogen-bond acceptors (Lipinski definition) is 6. The number of nitro groups is 1. The number of hydrogen-bond donors (Lipinski definition) is 1. The summed E-state index contributed by atoms with van der Waals surface area (Å²) in [6, 6.07) is 3.64. The van der Waals surface area contributed by atoms with E-state index in [0.717, 1.165) is 6.07 Å². The maximum Gasteiger partial charge on any atom is 0.335 e. The van der Waals surface area contributed by atoms with Crippen LogP contribution in [0.4, 0.5) is 11.4 Å². The van der Waals surface area contributed by atoms with Gasteiger partial charge in [-0.2, -0.15) is 0 Å². The first-order chi connectivity index (χ1) is 9.80. The van der Waals surface area contributed by atoms with Gasteiger partial charge in [0.1, 0.15) is 5.69 Å². The Balaban J connectivity index is 2.39. The molecule has 2 rings (SSSR count). The number of rotatable bonds is 3. The van der Waals surface area contributed by atoms with E-state index in [1.54, 1.807) is 4.90 Å². The molecule has 9 heteroatoms. The van der Waals surface area contributed by atoms with Crippen molar-refractivity contribution < 1.29 is 23.2 Å². The highest BCUT2D eigenvalue weighted by Gasteiger charge is 2.25. The summed E-state index contributed by atoms with van der Waals surface area (Å²) in [7, 11) is -3.12. The van der Waals surface area contributed by atoms with Crippen molar-refractivity contribution in [3.05, 3.63) is 33.9 Å². The molecule has 114 valence electrons. The fraction of sp³-hybridized carbons (Fsp3) is 0.417. The van der Waals surface area contributed by atoms with Gasteiger partial charge in [-0.15, -0.1) is 0 Å². The molecule has 0 atom stereocenters. The summed E-state index contributed by atoms with van der Waals surface area (Å²) in [4.78, 5) is 23.0. The molecule has 0 bridgehead atoms. The zero-order valence-electron chi connectivity index (χ0n) is 11.1. The van der Waals surface area contributed by atoms with Gasteiger partial charge in [0.15, 0.2) is 9.84 Å². The van der Waals surface area contributed by atoms with Crippen LogP contribution in [0.1, 0.15) is 16.8 Å². The minimum atomic E-state index is -3.12. The Morgan fingerprint density at radius 1 is 1.29 bits per heavy atom. The van der Waals surface area contributed by atoms with Crippen molar-refractivity contribution >= 4 is 27.2 Å². The molecular formula is C12H14N2O6S. The van der Waals surface area contributed by atoms with Crippen molar-refractivity contribution in [2.45, 2.75) is 6.42 Å². The maximum absolute atomic E-state index is 11.6. The monoisotopic (exact) mass is 314 g/mol. The second-order valence-electron chi connectivity index (χ2n) is 4.76. The molecule has 0 unspecified atom stereocenters. The minimum absolute atomic E-state index is 0.0600. The molecule has 1 N–H and O–H groups in total. The Morgan fingerprint density at radius 2 is 2.00 bits per heavy atom. The molecule has 0 saturated carbocycles. The van der Waals surface area contributed by atoms with E-state index in [9.17, 15) is 23.3 Å². The zero-order valence-corrected chi connectivity index (χ0v) is 11.9. The van der Waals surface area contributed by atoms with Gasteiger partial charge in [0.25, 0.3) is 5.69 Å². The first-order valence-corrected chi connectivity index (χ1v) is 8.09. The fourth-order valence-corrected chi connectivity index (χ4v) is 3.52. The van der Waals surface area contributed by atoms with Crippen LogP contribution in [0.25, 0.3) is 0 Å². The van der Waals surface area contributed by atoms with E-state index in [-0.39, 0.29) is 35.0 Å². The zero-order chi connectivity index (χ0) is 15.6. The lowest BCUT2D eigenvalue weighted by Gasteiger charge is -2.21. The number of aromatic carboxylic acids is 1. The number of carboxylic acid groups (broad SMARTS) is 1. The Morgan fingerprint density at radius 3 is 2.62 bits per heavy atom. The Kier molecular flexibility index (Phi) is 4.12. The van der Waals surface area contributed by atoms with Crippen molar-refractivity contribution in [1.29, 1.82) is 0 Å². The van der Waals surface area contributed by atoms with Crippen LogP contribution in [0.15, 0.2) is 18.2 Å². The first-order valence-electron chi connectivity index (χ1n) is 6.27. The molecule has 0 amide bonds. The molecule has 1 aromatic carbocycles. The highest BCUT2D eigenvalue weighted by Crippen LogP contribution is 2.30. The van der Waals surface area contributed by atoms with Crippen molar-refractivity contribution in [2.75, 3.05) is 29.5 Å². The van der Waals surface area contributed by atoms with Crippen LogP contribution >= 0.6 is 0 Å². The van der Waals surface area contributed by atoms with Crippen molar-refractivity contribution in [2.24, 2.45) is 0 Å². The summed E-state index contributed by atoms with van der Waals surface area (Å²) in [6.07, 6.45) is 0.389. The van der Waals surface area contributed by atoms with Gasteiger partial charge < -0.3 is 10.0 Å². The molecule has 21 heavy (non-hydrogen) atoms. The van der Waals surface area contributed by atoms with E-state index in [2.05, 4.69) is 0 Å². The predicted molar refractivity (Wildman–Crippen MR) is 75.5 cm³/mol. The molecule has 0 radical (unpaired) electrons. The van der Waals surface area contributed by atoms with Crippen molar-refractivity contribution in [3.63, 3.8) is 0 Å². The van der Waals surface area contributed by atoms with Gasteiger partial charge in [-0.3, -0.25) is 10.1 Å². The van der Waals surface area contributed by atoms with Crippen molar-refractivity contribution in [1.82, 2.24) is 0 Å². The molecule has 0 spiro atoms. The first kappa shape index (κ1) is 15.2. The second-order valence-corrected chi connectivity index (χ2v) is 7.06. The minimum Gasteiger partial charge on any atom is -0.478 e. The highest BCUT2D eigenvalue weighted by molar-refractivity contribution is 7.91. The van der Waals surface area contributed by atoms with Gasteiger partial charge in [0.05, 0.1) is 22.0 Å². The normalized spacial score (nSPS) is 18.0. The van der Waals surface area contributed by atoms with E-state index >= 15 is 0 Å². The molecule has 0 aliphatic carbocycles. The largest absolute Gasteiger partial charge is 0.478 e. The highest BCUT2D eigenvalue weighted by atomic mass is 32.2. The second kappa shape index (κ2) is 5.68. The van der Waals surface area contributed by atoms with Gasteiger partial charge >= 0.3 is 5.97 Å². The summed E-state index contributed by atoms with van der Waals surface area (Å²) in [5.74, 6) is -1.25. The number of sulfone groups is 1. The number of nitrogens with zero attached hydrogens (tertiary/aromatic N) is 2. The van der Waals surface area contributed by atoms with Crippen molar-refractivity contribution in [3.8, 4) is 0 Å². The number of anilines is 1. The third-order valence-electron chi connectivity index (χ3n) is 3.32. The van der Waals surface area contributed by atoms with Gasteiger partial charge in [0, 0.05) is 19.2 Å². The molecule has 1 saturated heterocycles. The smallest absolute Gasteiger partial charge is 0.335 e. The van der Waals surface area contributed by atoms with Crippen LogP contribution in [0, 0.1) is 10.1 Å². The Labute approximate surface area is 121 Å². The fourth-order valence-electron chi connectivity index (χ4n) is 2.25. The average Bonchev–Trinajstić information content (AvgIpc) is 2.59. The lowest BCUT2D eigenvalue weighted by Crippen LogP contribution is -2.27. The molecule has 1 aliphatic rings. The van der Waals surface area contributed by atoms with Crippen LogP contribution in [-0.4, -0.2) is 49.0 Å². The summed E-state index contributed by atoms with van der Waals surface area (Å²) < 4.78 is 23.1. The molecule has 1 fully saturated rings. The van der Waals surface area contributed by atoms with E-state index in [0.29, 0.717) is 13.0 Å². The SMILES string of the molecule is O=C(O)c1ccc(N2CCCS(=O)(=O)CC2)c([N+](=O)[O-])c1. The van der Waals surface area contributed by atoms with E-state index < -0.39 is 20.7 Å². The summed E-state index contributed by atoms with van der Waals surface area (Å²) in [5, 5.41) is 20.0. The maximum atomic E-state index is 11.6. The standard InChI is InChI=1S/C12H14N2O6S/c15-12(16)9-2-3-10(11(8-9)14(17)18)13-4-1-6-21(19,20)7-5-13/h2-3,8H,1,4-7H2,(H,15,16). The molecule has 1 heterocycles. The lowest BCUT2D eigenvalue weighted by molar-refractivity contribution is -0.384. The van der Waals surface area contributed by atoms with Crippen LogP contribution in [0.5, 0.6) is 0 Å². The molecular weight excluding hydrogens is 300 g/mol. The van der Waals surface area contributed by atoms with Gasteiger partial charge in [0.2, 0.25) is 0 Å². The molecule has 1 aliphatic heterocycles. The summed E-state index contributed by atoms with van der Waals surface area (Å²) >= 11 is 0. The van der Waals surface area contributed by atoms with Crippen LogP contribution in [-0.2, 0) is 9.84 Å². The van der Waals surface area contributed by atoms with E-state index in [4.69, 9.17) is 5.11 Å². The summed E-state index contributed by atoms with van der Waals surface area (Å²) in [6.45, 7) is 0.544. The summed E-state index contributed by atoms with van der Waals surface area (Å²) in [5.41, 5.74) is -0.246.